The number of nitrogens with one attached hydrogen (secondary N) is 2. The zero-order chi connectivity index (χ0) is 9.80. The van der Waals surface area contributed by atoms with E-state index in [1.54, 1.807) is 7.11 Å². The maximum atomic E-state index is 5.27. The van der Waals surface area contributed by atoms with E-state index in [-0.39, 0.29) is 0 Å². The second kappa shape index (κ2) is 4.44. The van der Waals surface area contributed by atoms with Gasteiger partial charge in [0.15, 0.2) is 0 Å². The summed E-state index contributed by atoms with van der Waals surface area (Å²) < 4.78 is 5.27. The molecule has 1 aliphatic rings. The summed E-state index contributed by atoms with van der Waals surface area (Å²) in [5.41, 5.74) is 1.22. The van der Waals surface area contributed by atoms with Crippen LogP contribution in [0.25, 0.3) is 0 Å². The second-order valence-electron chi connectivity index (χ2n) is 3.55. The van der Waals surface area contributed by atoms with E-state index in [0.717, 1.165) is 25.4 Å². The highest BCUT2D eigenvalue weighted by molar-refractivity contribution is 5.33. The summed E-state index contributed by atoms with van der Waals surface area (Å²) in [6, 6.07) is 8.75. The third-order valence-electron chi connectivity index (χ3n) is 2.56. The first-order chi connectivity index (χ1) is 6.90. The Hall–Kier alpha value is -1.06. The molecule has 1 saturated heterocycles. The molecule has 0 bridgehead atoms. The van der Waals surface area contributed by atoms with Crippen LogP contribution in [0.5, 0.6) is 5.75 Å². The molecular formula is C11H16N2O. The average Bonchev–Trinajstić information content (AvgIpc) is 2.16. The summed E-state index contributed by atoms with van der Waals surface area (Å²) in [5.74, 6) is 0.965. The van der Waals surface area contributed by atoms with Crippen molar-refractivity contribution in [2.24, 2.45) is 0 Å². The van der Waals surface area contributed by atoms with Crippen LogP contribution in [-0.2, 0) is 6.54 Å². The molecule has 1 aliphatic heterocycles. The van der Waals surface area contributed by atoms with Gasteiger partial charge in [-0.25, -0.2) is 0 Å². The van der Waals surface area contributed by atoms with Crippen molar-refractivity contribution in [1.82, 2.24) is 10.6 Å². The van der Waals surface area contributed by atoms with Gasteiger partial charge in [0, 0.05) is 31.2 Å². The molecule has 76 valence electrons. The molecule has 2 N–H and O–H groups in total. The van der Waals surface area contributed by atoms with Gasteiger partial charge < -0.3 is 15.4 Å². The zero-order valence-corrected chi connectivity index (χ0v) is 8.42. The van der Waals surface area contributed by atoms with Gasteiger partial charge in [0.2, 0.25) is 0 Å². The molecule has 3 nitrogen and oxygen atoms in total. The molecule has 1 aromatic rings. The quantitative estimate of drug-likeness (QED) is 0.739. The Kier molecular flexibility index (Phi) is 3.01. The predicted molar refractivity (Wildman–Crippen MR) is 56.5 cm³/mol. The van der Waals surface area contributed by atoms with Crippen LogP contribution < -0.4 is 15.4 Å². The highest BCUT2D eigenvalue weighted by Gasteiger charge is 2.15. The minimum absolute atomic E-state index is 0.625. The van der Waals surface area contributed by atoms with E-state index >= 15 is 0 Å². The van der Waals surface area contributed by atoms with Gasteiger partial charge in [-0.3, -0.25) is 0 Å². The molecule has 1 heterocycles. The van der Waals surface area contributed by atoms with Gasteiger partial charge >= 0.3 is 0 Å². The lowest BCUT2D eigenvalue weighted by Crippen LogP contribution is -2.54. The van der Waals surface area contributed by atoms with E-state index in [1.165, 1.54) is 5.56 Å². The fraction of sp³-hybridized carbons (Fsp3) is 0.455. The van der Waals surface area contributed by atoms with Crippen LogP contribution in [0.4, 0.5) is 0 Å². The van der Waals surface area contributed by atoms with Crippen LogP contribution in [0.3, 0.4) is 0 Å². The highest BCUT2D eigenvalue weighted by Crippen LogP contribution is 2.16. The number of rotatable bonds is 4. The number of hydrogen-bond donors (Lipinski definition) is 2. The Labute approximate surface area is 84.5 Å². The molecule has 0 amide bonds. The maximum absolute atomic E-state index is 5.27. The van der Waals surface area contributed by atoms with E-state index in [2.05, 4.69) is 16.7 Å². The van der Waals surface area contributed by atoms with Crippen LogP contribution in [-0.4, -0.2) is 26.2 Å². The topological polar surface area (TPSA) is 33.3 Å². The van der Waals surface area contributed by atoms with Gasteiger partial charge in [-0.2, -0.15) is 0 Å². The molecule has 0 saturated carbocycles. The SMILES string of the molecule is COc1ccccc1CNC1CNC1. The van der Waals surface area contributed by atoms with E-state index in [1.807, 2.05) is 18.2 Å². The van der Waals surface area contributed by atoms with Crippen LogP contribution in [0, 0.1) is 0 Å². The molecule has 14 heavy (non-hydrogen) atoms. The van der Waals surface area contributed by atoms with E-state index in [4.69, 9.17) is 4.74 Å². The van der Waals surface area contributed by atoms with Crippen molar-refractivity contribution in [1.29, 1.82) is 0 Å². The molecule has 0 aromatic heterocycles. The van der Waals surface area contributed by atoms with Crippen molar-refractivity contribution >= 4 is 0 Å². The second-order valence-corrected chi connectivity index (χ2v) is 3.55. The fourth-order valence-corrected chi connectivity index (χ4v) is 1.54. The van der Waals surface area contributed by atoms with Crippen LogP contribution >= 0.6 is 0 Å². The molecule has 0 radical (unpaired) electrons. The molecule has 2 rings (SSSR count). The van der Waals surface area contributed by atoms with Crippen molar-refractivity contribution in [2.45, 2.75) is 12.6 Å². The summed E-state index contributed by atoms with van der Waals surface area (Å²) >= 11 is 0. The minimum Gasteiger partial charge on any atom is -0.496 e. The molecule has 0 atom stereocenters. The van der Waals surface area contributed by atoms with Gasteiger partial charge in [-0.1, -0.05) is 18.2 Å². The Morgan fingerprint density at radius 3 is 2.86 bits per heavy atom. The first-order valence-corrected chi connectivity index (χ1v) is 4.96. The Bertz CT molecular complexity index is 297. The Morgan fingerprint density at radius 1 is 1.43 bits per heavy atom. The number of benzene rings is 1. The lowest BCUT2D eigenvalue weighted by atomic mass is 10.1. The van der Waals surface area contributed by atoms with Crippen molar-refractivity contribution in [2.75, 3.05) is 20.2 Å². The largest absolute Gasteiger partial charge is 0.496 e. The molecule has 0 unspecified atom stereocenters. The number of hydrogen-bond acceptors (Lipinski definition) is 3. The zero-order valence-electron chi connectivity index (χ0n) is 8.42. The lowest BCUT2D eigenvalue weighted by Gasteiger charge is -2.28. The molecular weight excluding hydrogens is 176 g/mol. The molecule has 1 aromatic carbocycles. The molecule has 0 aliphatic carbocycles. The molecule has 3 heteroatoms. The average molecular weight is 192 g/mol. The number of para-hydroxylation sites is 1. The summed E-state index contributed by atoms with van der Waals surface area (Å²) in [6.07, 6.45) is 0. The normalized spacial score (nSPS) is 16.4. The van der Waals surface area contributed by atoms with Gasteiger partial charge in [0.05, 0.1) is 7.11 Å². The van der Waals surface area contributed by atoms with Crippen molar-refractivity contribution in [3.63, 3.8) is 0 Å². The smallest absolute Gasteiger partial charge is 0.123 e. The highest BCUT2D eigenvalue weighted by atomic mass is 16.5. The van der Waals surface area contributed by atoms with Gasteiger partial charge in [-0.05, 0) is 6.07 Å². The van der Waals surface area contributed by atoms with Gasteiger partial charge in [-0.15, -0.1) is 0 Å². The van der Waals surface area contributed by atoms with Crippen molar-refractivity contribution in [3.8, 4) is 5.75 Å². The maximum Gasteiger partial charge on any atom is 0.123 e. The Balaban J connectivity index is 1.93. The van der Waals surface area contributed by atoms with Crippen LogP contribution in [0.2, 0.25) is 0 Å². The third kappa shape index (κ3) is 2.05. The van der Waals surface area contributed by atoms with E-state index in [0.29, 0.717) is 6.04 Å². The molecule has 0 spiro atoms. The van der Waals surface area contributed by atoms with E-state index in [9.17, 15) is 0 Å². The molecule has 1 fully saturated rings. The number of ether oxygens (including phenoxy) is 1. The Morgan fingerprint density at radius 2 is 2.21 bits per heavy atom. The first kappa shape index (κ1) is 9.49. The van der Waals surface area contributed by atoms with Gasteiger partial charge in [0.1, 0.15) is 5.75 Å². The van der Waals surface area contributed by atoms with E-state index < -0.39 is 0 Å². The van der Waals surface area contributed by atoms with Crippen LogP contribution in [0.1, 0.15) is 5.56 Å². The van der Waals surface area contributed by atoms with Crippen LogP contribution in [0.15, 0.2) is 24.3 Å². The fourth-order valence-electron chi connectivity index (χ4n) is 1.54. The van der Waals surface area contributed by atoms with Crippen molar-refractivity contribution < 1.29 is 4.74 Å². The standard InChI is InChI=1S/C11H16N2O/c1-14-11-5-3-2-4-9(11)6-13-10-7-12-8-10/h2-5,10,12-13H,6-8H2,1H3. The lowest BCUT2D eigenvalue weighted by molar-refractivity contribution is 0.359. The predicted octanol–water partition coefficient (Wildman–Crippen LogP) is 0.757. The summed E-state index contributed by atoms with van der Waals surface area (Å²) in [7, 11) is 1.71. The summed E-state index contributed by atoms with van der Waals surface area (Å²) in [4.78, 5) is 0. The first-order valence-electron chi connectivity index (χ1n) is 4.96. The summed E-state index contributed by atoms with van der Waals surface area (Å²) in [5, 5.41) is 6.70. The number of methoxy groups -OCH3 is 1. The minimum atomic E-state index is 0.625. The monoisotopic (exact) mass is 192 g/mol. The summed E-state index contributed by atoms with van der Waals surface area (Å²) in [6.45, 7) is 3.04. The van der Waals surface area contributed by atoms with Gasteiger partial charge in [0.25, 0.3) is 0 Å². The van der Waals surface area contributed by atoms with Crippen molar-refractivity contribution in [3.05, 3.63) is 29.8 Å². The third-order valence-corrected chi connectivity index (χ3v) is 2.56.